The van der Waals surface area contributed by atoms with Crippen molar-refractivity contribution >= 4 is 23.4 Å². The quantitative estimate of drug-likeness (QED) is 0.843. The van der Waals surface area contributed by atoms with Crippen molar-refractivity contribution in [3.8, 4) is 5.75 Å². The van der Waals surface area contributed by atoms with Crippen LogP contribution in [0, 0.1) is 6.92 Å². The minimum Gasteiger partial charge on any atom is -0.479 e. The van der Waals surface area contributed by atoms with Crippen LogP contribution in [0.2, 0.25) is 5.02 Å². The second-order valence-corrected chi connectivity index (χ2v) is 5.86. The lowest BCUT2D eigenvalue weighted by Gasteiger charge is -2.20. The van der Waals surface area contributed by atoms with Gasteiger partial charge in [-0.25, -0.2) is 0 Å². The lowest BCUT2D eigenvalue weighted by Crippen LogP contribution is -2.43. The van der Waals surface area contributed by atoms with Gasteiger partial charge in [-0.1, -0.05) is 48.0 Å². The average Bonchev–Trinajstić information content (AvgIpc) is 2.56. The summed E-state index contributed by atoms with van der Waals surface area (Å²) >= 11 is 6.07. The van der Waals surface area contributed by atoms with E-state index in [0.29, 0.717) is 16.3 Å². The molecular weight excluding hydrogens is 328 g/mol. The zero-order chi connectivity index (χ0) is 17.7. The van der Waals surface area contributed by atoms with Crippen molar-refractivity contribution in [2.24, 2.45) is 5.73 Å². The Bertz CT molecular complexity index is 734. The predicted molar refractivity (Wildman–Crippen MR) is 92.8 cm³/mol. The number of carbonyl (C=O) groups excluding carboxylic acids is 2. The van der Waals surface area contributed by atoms with Crippen molar-refractivity contribution in [2.75, 3.05) is 0 Å². The molecule has 24 heavy (non-hydrogen) atoms. The van der Waals surface area contributed by atoms with Crippen LogP contribution < -0.4 is 15.8 Å². The fourth-order valence-electron chi connectivity index (χ4n) is 2.17. The smallest absolute Gasteiger partial charge is 0.261 e. The van der Waals surface area contributed by atoms with Crippen LogP contribution in [0.5, 0.6) is 5.75 Å². The Morgan fingerprint density at radius 3 is 2.46 bits per heavy atom. The van der Waals surface area contributed by atoms with Gasteiger partial charge in [0.2, 0.25) is 5.91 Å². The van der Waals surface area contributed by atoms with Gasteiger partial charge in [-0.3, -0.25) is 9.59 Å². The summed E-state index contributed by atoms with van der Waals surface area (Å²) in [7, 11) is 0. The number of nitrogens with two attached hydrogens (primary N) is 1. The van der Waals surface area contributed by atoms with E-state index >= 15 is 0 Å². The molecule has 0 aliphatic carbocycles. The monoisotopic (exact) mass is 346 g/mol. The molecule has 0 heterocycles. The van der Waals surface area contributed by atoms with Crippen molar-refractivity contribution in [2.45, 2.75) is 26.0 Å². The standard InChI is InChI=1S/C18H19ClN2O3/c1-11-8-9-14(19)15(10-11)24-12(2)18(23)21-16(17(20)22)13-6-4-3-5-7-13/h3-10,12,16H,1-2H3,(H2,20,22)(H,21,23)/t12-,16-/m1/s1. The van der Waals surface area contributed by atoms with Gasteiger partial charge in [0.25, 0.3) is 5.91 Å². The molecule has 0 saturated carbocycles. The molecular formula is C18H19ClN2O3. The maximum Gasteiger partial charge on any atom is 0.261 e. The summed E-state index contributed by atoms with van der Waals surface area (Å²) in [6.07, 6.45) is -0.838. The molecule has 0 unspecified atom stereocenters. The van der Waals surface area contributed by atoms with Crippen molar-refractivity contribution in [3.05, 3.63) is 64.7 Å². The highest BCUT2D eigenvalue weighted by Gasteiger charge is 2.24. The maximum atomic E-state index is 12.3. The van der Waals surface area contributed by atoms with Gasteiger partial charge in [0, 0.05) is 0 Å². The first-order chi connectivity index (χ1) is 11.4. The molecule has 3 N–H and O–H groups in total. The molecule has 0 aromatic heterocycles. The van der Waals surface area contributed by atoms with E-state index in [1.54, 1.807) is 43.3 Å². The molecule has 126 valence electrons. The van der Waals surface area contributed by atoms with Gasteiger partial charge in [-0.2, -0.15) is 0 Å². The number of rotatable bonds is 6. The third-order valence-electron chi connectivity index (χ3n) is 3.46. The molecule has 0 aliphatic rings. The maximum absolute atomic E-state index is 12.3. The van der Waals surface area contributed by atoms with Gasteiger partial charge in [0.05, 0.1) is 5.02 Å². The van der Waals surface area contributed by atoms with E-state index in [-0.39, 0.29) is 0 Å². The number of benzene rings is 2. The fourth-order valence-corrected chi connectivity index (χ4v) is 2.33. The molecule has 0 saturated heterocycles. The molecule has 0 radical (unpaired) electrons. The first-order valence-corrected chi connectivity index (χ1v) is 7.83. The van der Waals surface area contributed by atoms with Crippen LogP contribution in [0.3, 0.4) is 0 Å². The summed E-state index contributed by atoms with van der Waals surface area (Å²) in [4.78, 5) is 24.0. The minimum atomic E-state index is -0.919. The topological polar surface area (TPSA) is 81.4 Å². The predicted octanol–water partition coefficient (Wildman–Crippen LogP) is 2.76. The SMILES string of the molecule is Cc1ccc(Cl)c(O[C@H](C)C(=O)N[C@@H](C(N)=O)c2ccccc2)c1. The van der Waals surface area contributed by atoms with E-state index < -0.39 is 24.0 Å². The van der Waals surface area contributed by atoms with E-state index in [0.717, 1.165) is 5.56 Å². The van der Waals surface area contributed by atoms with Crippen LogP contribution in [0.15, 0.2) is 48.5 Å². The summed E-state index contributed by atoms with van der Waals surface area (Å²) in [6.45, 7) is 3.48. The second-order valence-electron chi connectivity index (χ2n) is 5.45. The summed E-state index contributed by atoms with van der Waals surface area (Å²) in [5, 5.41) is 3.02. The molecule has 2 atom stereocenters. The Hall–Kier alpha value is -2.53. The highest BCUT2D eigenvalue weighted by molar-refractivity contribution is 6.32. The van der Waals surface area contributed by atoms with E-state index in [2.05, 4.69) is 5.32 Å². The Morgan fingerprint density at radius 1 is 1.17 bits per heavy atom. The Labute approximate surface area is 145 Å². The lowest BCUT2D eigenvalue weighted by molar-refractivity contribution is -0.131. The Balaban J connectivity index is 2.09. The first kappa shape index (κ1) is 17.8. The molecule has 0 bridgehead atoms. The summed E-state index contributed by atoms with van der Waals surface area (Å²) in [6, 6.07) is 13.2. The molecule has 2 amide bonds. The zero-order valence-electron chi connectivity index (χ0n) is 13.5. The highest BCUT2D eigenvalue weighted by Crippen LogP contribution is 2.26. The number of nitrogens with one attached hydrogen (secondary N) is 1. The highest BCUT2D eigenvalue weighted by atomic mass is 35.5. The van der Waals surface area contributed by atoms with Crippen LogP contribution >= 0.6 is 11.6 Å². The van der Waals surface area contributed by atoms with Gasteiger partial charge < -0.3 is 15.8 Å². The Morgan fingerprint density at radius 2 is 1.83 bits per heavy atom. The lowest BCUT2D eigenvalue weighted by atomic mass is 10.1. The third kappa shape index (κ3) is 4.49. The summed E-state index contributed by atoms with van der Waals surface area (Å²) < 4.78 is 5.61. The van der Waals surface area contributed by atoms with Gasteiger partial charge in [0.15, 0.2) is 6.10 Å². The zero-order valence-corrected chi connectivity index (χ0v) is 14.2. The van der Waals surface area contributed by atoms with Crippen LogP contribution in [-0.2, 0) is 9.59 Å². The van der Waals surface area contributed by atoms with Gasteiger partial charge >= 0.3 is 0 Å². The number of hydrogen-bond acceptors (Lipinski definition) is 3. The van der Waals surface area contributed by atoms with Crippen LogP contribution in [0.1, 0.15) is 24.1 Å². The van der Waals surface area contributed by atoms with E-state index in [1.165, 1.54) is 0 Å². The number of aryl methyl sites for hydroxylation is 1. The molecule has 0 aliphatic heterocycles. The summed E-state index contributed by atoms with van der Waals surface area (Å²) in [5.74, 6) is -0.690. The van der Waals surface area contributed by atoms with E-state index in [4.69, 9.17) is 22.1 Å². The molecule has 2 aromatic rings. The number of carbonyl (C=O) groups is 2. The van der Waals surface area contributed by atoms with Crippen molar-refractivity contribution < 1.29 is 14.3 Å². The molecule has 0 spiro atoms. The molecule has 5 nitrogen and oxygen atoms in total. The number of primary amides is 1. The van der Waals surface area contributed by atoms with E-state index in [1.807, 2.05) is 19.1 Å². The largest absolute Gasteiger partial charge is 0.479 e. The molecule has 0 fully saturated rings. The molecule has 2 aromatic carbocycles. The number of halogens is 1. The minimum absolute atomic E-state index is 0.412. The van der Waals surface area contributed by atoms with Gasteiger partial charge in [-0.05, 0) is 37.1 Å². The van der Waals surface area contributed by atoms with Crippen LogP contribution in [0.25, 0.3) is 0 Å². The van der Waals surface area contributed by atoms with Crippen molar-refractivity contribution in [3.63, 3.8) is 0 Å². The second kappa shape index (κ2) is 7.84. The fraction of sp³-hybridized carbons (Fsp3) is 0.222. The van der Waals surface area contributed by atoms with Gasteiger partial charge in [0.1, 0.15) is 11.8 Å². The van der Waals surface area contributed by atoms with Gasteiger partial charge in [-0.15, -0.1) is 0 Å². The Kier molecular flexibility index (Phi) is 5.82. The normalized spacial score (nSPS) is 13.0. The van der Waals surface area contributed by atoms with Crippen molar-refractivity contribution in [1.82, 2.24) is 5.32 Å². The van der Waals surface area contributed by atoms with Crippen molar-refractivity contribution in [1.29, 1.82) is 0 Å². The number of amides is 2. The first-order valence-electron chi connectivity index (χ1n) is 7.46. The van der Waals surface area contributed by atoms with E-state index in [9.17, 15) is 9.59 Å². The average molecular weight is 347 g/mol. The number of ether oxygens (including phenoxy) is 1. The summed E-state index contributed by atoms with van der Waals surface area (Å²) in [5.41, 5.74) is 6.97. The third-order valence-corrected chi connectivity index (χ3v) is 3.78. The molecule has 6 heteroatoms. The van der Waals surface area contributed by atoms with Crippen LogP contribution in [-0.4, -0.2) is 17.9 Å². The number of hydrogen-bond donors (Lipinski definition) is 2. The van der Waals surface area contributed by atoms with Crippen LogP contribution in [0.4, 0.5) is 0 Å². The molecule has 2 rings (SSSR count).